The van der Waals surface area contributed by atoms with Gasteiger partial charge in [0.25, 0.3) is 0 Å². The molecule has 1 aliphatic heterocycles. The topological polar surface area (TPSA) is 58.6 Å². The molecule has 0 unspecified atom stereocenters. The van der Waals surface area contributed by atoms with Crippen LogP contribution in [0.4, 0.5) is 0 Å². The van der Waals surface area contributed by atoms with E-state index in [1.807, 2.05) is 48.5 Å². The number of benzene rings is 2. The second kappa shape index (κ2) is 7.25. The lowest BCUT2D eigenvalue weighted by atomic mass is 10.2. The van der Waals surface area contributed by atoms with Crippen LogP contribution in [0.25, 0.3) is 0 Å². The number of hydrogen-bond donors (Lipinski definition) is 2. The van der Waals surface area contributed by atoms with Crippen molar-refractivity contribution in [2.75, 3.05) is 5.75 Å². The zero-order valence-corrected chi connectivity index (χ0v) is 13.8. The van der Waals surface area contributed by atoms with Crippen molar-refractivity contribution < 1.29 is 14.6 Å². The van der Waals surface area contributed by atoms with Gasteiger partial charge in [-0.2, -0.15) is 0 Å². The molecule has 2 aromatic carbocycles. The van der Waals surface area contributed by atoms with Crippen LogP contribution in [0.3, 0.4) is 0 Å². The molecule has 1 saturated heterocycles. The number of thioether (sulfide) groups is 1. The first-order valence-electron chi connectivity index (χ1n) is 7.19. The third-order valence-corrected chi connectivity index (χ3v) is 5.08. The van der Waals surface area contributed by atoms with Crippen LogP contribution in [-0.4, -0.2) is 22.9 Å². The molecular formula is C17H16ClNO3S. The average Bonchev–Trinajstić information content (AvgIpc) is 3.05. The minimum absolute atomic E-state index is 0.0184. The summed E-state index contributed by atoms with van der Waals surface area (Å²) in [7, 11) is 0. The van der Waals surface area contributed by atoms with Crippen LogP contribution in [0.1, 0.15) is 16.5 Å². The summed E-state index contributed by atoms with van der Waals surface area (Å²) in [6, 6.07) is 14.8. The molecule has 1 aliphatic rings. The van der Waals surface area contributed by atoms with E-state index in [4.69, 9.17) is 21.4 Å². The molecule has 2 N–H and O–H groups in total. The summed E-state index contributed by atoms with van der Waals surface area (Å²) in [6.45, 7) is 0.462. The molecule has 0 radical (unpaired) electrons. The van der Waals surface area contributed by atoms with Crippen molar-refractivity contribution in [3.05, 3.63) is 64.7 Å². The highest BCUT2D eigenvalue weighted by Crippen LogP contribution is 2.34. The number of rotatable bonds is 5. The predicted octanol–water partition coefficient (Wildman–Crippen LogP) is 3.71. The Labute approximate surface area is 143 Å². The normalized spacial score (nSPS) is 20.4. The molecule has 0 spiro atoms. The zero-order chi connectivity index (χ0) is 16.2. The molecule has 23 heavy (non-hydrogen) atoms. The number of carboxylic acid groups (broad SMARTS) is 1. The number of halogens is 1. The highest BCUT2D eigenvalue weighted by molar-refractivity contribution is 7.99. The van der Waals surface area contributed by atoms with Gasteiger partial charge in [0.15, 0.2) is 0 Å². The van der Waals surface area contributed by atoms with Gasteiger partial charge in [-0.25, -0.2) is 0 Å². The van der Waals surface area contributed by atoms with E-state index >= 15 is 0 Å². The number of nitrogens with one attached hydrogen (secondary N) is 1. The molecule has 4 nitrogen and oxygen atoms in total. The van der Waals surface area contributed by atoms with Crippen LogP contribution in [0.2, 0.25) is 5.02 Å². The fraction of sp³-hybridized carbons (Fsp3) is 0.235. The molecular weight excluding hydrogens is 334 g/mol. The maximum atomic E-state index is 11.0. The summed E-state index contributed by atoms with van der Waals surface area (Å²) in [5, 5.41) is 12.8. The summed E-state index contributed by atoms with van der Waals surface area (Å²) >= 11 is 7.46. The van der Waals surface area contributed by atoms with Crippen molar-refractivity contribution in [3.63, 3.8) is 0 Å². The minimum Gasteiger partial charge on any atom is -0.489 e. The number of ether oxygens (including phenoxy) is 1. The van der Waals surface area contributed by atoms with Gasteiger partial charge < -0.3 is 9.84 Å². The highest BCUT2D eigenvalue weighted by Gasteiger charge is 2.30. The monoisotopic (exact) mass is 349 g/mol. The first-order valence-corrected chi connectivity index (χ1v) is 8.62. The third kappa shape index (κ3) is 4.19. The van der Waals surface area contributed by atoms with Gasteiger partial charge in [-0.3, -0.25) is 10.1 Å². The van der Waals surface area contributed by atoms with Crippen molar-refractivity contribution in [2.45, 2.75) is 18.0 Å². The number of carboxylic acids is 1. The van der Waals surface area contributed by atoms with Gasteiger partial charge in [0.2, 0.25) is 0 Å². The quantitative estimate of drug-likeness (QED) is 0.861. The summed E-state index contributed by atoms with van der Waals surface area (Å²) in [6.07, 6.45) is 0. The largest absolute Gasteiger partial charge is 0.489 e. The van der Waals surface area contributed by atoms with Crippen LogP contribution < -0.4 is 10.1 Å². The Morgan fingerprint density at radius 3 is 2.78 bits per heavy atom. The van der Waals surface area contributed by atoms with Gasteiger partial charge in [-0.1, -0.05) is 35.9 Å². The molecule has 120 valence electrons. The fourth-order valence-corrected chi connectivity index (χ4v) is 3.67. The van der Waals surface area contributed by atoms with Crippen LogP contribution in [-0.2, 0) is 11.4 Å². The number of aliphatic carboxylic acids is 1. The summed E-state index contributed by atoms with van der Waals surface area (Å²) in [5.74, 6) is 0.518. The van der Waals surface area contributed by atoms with Gasteiger partial charge in [-0.15, -0.1) is 11.8 Å². The molecule has 1 heterocycles. The maximum absolute atomic E-state index is 11.0. The van der Waals surface area contributed by atoms with E-state index in [1.165, 1.54) is 0 Å². The Kier molecular flexibility index (Phi) is 5.10. The van der Waals surface area contributed by atoms with Gasteiger partial charge in [0.1, 0.15) is 18.4 Å². The second-order valence-electron chi connectivity index (χ2n) is 5.26. The molecule has 0 aromatic heterocycles. The highest BCUT2D eigenvalue weighted by atomic mass is 35.5. The van der Waals surface area contributed by atoms with Crippen molar-refractivity contribution in [3.8, 4) is 5.75 Å². The lowest BCUT2D eigenvalue weighted by Gasteiger charge is -2.13. The maximum Gasteiger partial charge on any atom is 0.321 e. The molecule has 0 amide bonds. The van der Waals surface area contributed by atoms with Crippen LogP contribution in [0.15, 0.2) is 48.5 Å². The van der Waals surface area contributed by atoms with Gasteiger partial charge in [-0.05, 0) is 35.4 Å². The van der Waals surface area contributed by atoms with Gasteiger partial charge in [0, 0.05) is 10.8 Å². The Balaban J connectivity index is 1.63. The van der Waals surface area contributed by atoms with Crippen molar-refractivity contribution >= 4 is 29.3 Å². The molecule has 0 bridgehead atoms. The fourth-order valence-electron chi connectivity index (χ4n) is 2.32. The van der Waals surface area contributed by atoms with Crippen molar-refractivity contribution in [2.24, 2.45) is 0 Å². The summed E-state index contributed by atoms with van der Waals surface area (Å²) in [5.41, 5.74) is 2.06. The Hall–Kier alpha value is -1.69. The molecule has 0 saturated carbocycles. The van der Waals surface area contributed by atoms with Crippen molar-refractivity contribution in [1.82, 2.24) is 5.32 Å². The van der Waals surface area contributed by atoms with E-state index in [-0.39, 0.29) is 5.37 Å². The standard InChI is InChI=1S/C17H16ClNO3S/c18-13-6-4-11(5-7-13)9-22-14-3-1-2-12(8-14)16-19-15(10-23-16)17(20)21/h1-8,15-16,19H,9-10H2,(H,20,21)/t15-,16-/m1/s1. The Bertz CT molecular complexity index is 692. The van der Waals surface area contributed by atoms with Crippen LogP contribution >= 0.6 is 23.4 Å². The van der Waals surface area contributed by atoms with E-state index in [9.17, 15) is 4.79 Å². The first-order chi connectivity index (χ1) is 11.1. The third-order valence-electron chi connectivity index (χ3n) is 3.56. The van der Waals surface area contributed by atoms with E-state index in [0.29, 0.717) is 17.4 Å². The van der Waals surface area contributed by atoms with E-state index < -0.39 is 12.0 Å². The first kappa shape index (κ1) is 16.2. The molecule has 1 fully saturated rings. The molecule has 0 aliphatic carbocycles. The van der Waals surface area contributed by atoms with Crippen LogP contribution in [0.5, 0.6) is 5.75 Å². The number of carbonyl (C=O) groups is 1. The lowest BCUT2D eigenvalue weighted by molar-refractivity contribution is -0.138. The predicted molar refractivity (Wildman–Crippen MR) is 92.0 cm³/mol. The molecule has 3 rings (SSSR count). The van der Waals surface area contributed by atoms with Crippen LogP contribution in [0, 0.1) is 0 Å². The van der Waals surface area contributed by atoms with E-state index in [1.54, 1.807) is 11.8 Å². The van der Waals surface area contributed by atoms with E-state index in [0.717, 1.165) is 16.9 Å². The summed E-state index contributed by atoms with van der Waals surface area (Å²) in [4.78, 5) is 11.0. The lowest BCUT2D eigenvalue weighted by Crippen LogP contribution is -2.33. The van der Waals surface area contributed by atoms with Gasteiger partial charge in [0.05, 0.1) is 5.37 Å². The van der Waals surface area contributed by atoms with Gasteiger partial charge >= 0.3 is 5.97 Å². The Morgan fingerprint density at radius 1 is 1.30 bits per heavy atom. The van der Waals surface area contributed by atoms with E-state index in [2.05, 4.69) is 5.32 Å². The minimum atomic E-state index is -0.810. The van der Waals surface area contributed by atoms with Crippen molar-refractivity contribution in [1.29, 1.82) is 0 Å². The molecule has 2 atom stereocenters. The zero-order valence-electron chi connectivity index (χ0n) is 12.2. The number of hydrogen-bond acceptors (Lipinski definition) is 4. The second-order valence-corrected chi connectivity index (χ2v) is 6.83. The molecule has 2 aromatic rings. The average molecular weight is 350 g/mol. The molecule has 6 heteroatoms. The SMILES string of the molecule is O=C(O)[C@H]1CS[C@H](c2cccc(OCc3ccc(Cl)cc3)c2)N1. The Morgan fingerprint density at radius 2 is 2.09 bits per heavy atom. The smallest absolute Gasteiger partial charge is 0.321 e. The summed E-state index contributed by atoms with van der Waals surface area (Å²) < 4.78 is 5.81.